The first-order valence-electron chi connectivity index (χ1n) is 4.49. The number of carboxylic acids is 1. The first-order chi connectivity index (χ1) is 7.58. The number of hydrogen-bond donors (Lipinski definition) is 1. The van der Waals surface area contributed by atoms with Gasteiger partial charge in [-0.2, -0.15) is 0 Å². The van der Waals surface area contributed by atoms with Crippen molar-refractivity contribution in [1.29, 1.82) is 0 Å². The quantitative estimate of drug-likeness (QED) is 0.946. The third kappa shape index (κ3) is 2.17. The number of aliphatic carboxylic acids is 1. The largest absolute Gasteiger partial charge is 0.481 e. The van der Waals surface area contributed by atoms with Gasteiger partial charge in [0, 0.05) is 15.4 Å². The van der Waals surface area contributed by atoms with Crippen LogP contribution in [0, 0.1) is 6.92 Å². The number of carbonyl (C=O) groups is 1. The van der Waals surface area contributed by atoms with Crippen LogP contribution >= 0.6 is 27.3 Å². The second-order valence-electron chi connectivity index (χ2n) is 3.28. The van der Waals surface area contributed by atoms with Gasteiger partial charge in [0.1, 0.15) is 0 Å². The monoisotopic (exact) mass is 301 g/mol. The van der Waals surface area contributed by atoms with Gasteiger partial charge in [0.25, 0.3) is 0 Å². The smallest absolute Gasteiger partial charge is 0.308 e. The van der Waals surface area contributed by atoms with Crippen LogP contribution < -0.4 is 0 Å². The SMILES string of the molecule is Cc1noc(-c2cc(Br)cs2)c1CC(=O)O. The maximum Gasteiger partial charge on any atom is 0.308 e. The Labute approximate surface area is 104 Å². The minimum absolute atomic E-state index is 0.0693. The van der Waals surface area contributed by atoms with Crippen molar-refractivity contribution in [2.24, 2.45) is 0 Å². The van der Waals surface area contributed by atoms with Crippen LogP contribution in [0.25, 0.3) is 10.6 Å². The highest BCUT2D eigenvalue weighted by Crippen LogP contribution is 2.33. The number of carboxylic acid groups (broad SMARTS) is 1. The molecule has 0 fully saturated rings. The maximum atomic E-state index is 10.7. The van der Waals surface area contributed by atoms with Crippen LogP contribution in [0.1, 0.15) is 11.3 Å². The third-order valence-corrected chi connectivity index (χ3v) is 3.79. The van der Waals surface area contributed by atoms with Crippen LogP contribution in [-0.2, 0) is 11.2 Å². The molecule has 2 aromatic heterocycles. The van der Waals surface area contributed by atoms with Crippen molar-refractivity contribution in [3.8, 4) is 10.6 Å². The maximum absolute atomic E-state index is 10.7. The van der Waals surface area contributed by atoms with Crippen molar-refractivity contribution in [3.05, 3.63) is 27.2 Å². The summed E-state index contributed by atoms with van der Waals surface area (Å²) in [7, 11) is 0. The lowest BCUT2D eigenvalue weighted by atomic mass is 10.1. The topological polar surface area (TPSA) is 63.3 Å². The number of thiophene rings is 1. The van der Waals surface area contributed by atoms with E-state index in [4.69, 9.17) is 9.63 Å². The second-order valence-corrected chi connectivity index (χ2v) is 5.10. The molecule has 0 saturated carbocycles. The molecule has 0 aliphatic carbocycles. The first kappa shape index (κ1) is 11.3. The van der Waals surface area contributed by atoms with Crippen molar-refractivity contribution >= 4 is 33.2 Å². The Morgan fingerprint density at radius 1 is 1.69 bits per heavy atom. The molecular weight excluding hydrogens is 294 g/mol. The Morgan fingerprint density at radius 3 is 3.00 bits per heavy atom. The van der Waals surface area contributed by atoms with Crippen LogP contribution in [0.3, 0.4) is 0 Å². The number of rotatable bonds is 3. The molecule has 0 aliphatic rings. The van der Waals surface area contributed by atoms with Crippen molar-refractivity contribution in [3.63, 3.8) is 0 Å². The van der Waals surface area contributed by atoms with E-state index in [0.29, 0.717) is 17.0 Å². The minimum Gasteiger partial charge on any atom is -0.481 e. The molecule has 0 radical (unpaired) electrons. The molecule has 6 heteroatoms. The Bertz CT molecular complexity index is 532. The normalized spacial score (nSPS) is 10.6. The van der Waals surface area contributed by atoms with E-state index >= 15 is 0 Å². The van der Waals surface area contributed by atoms with E-state index in [1.54, 1.807) is 6.92 Å². The Kier molecular flexibility index (Phi) is 3.11. The van der Waals surface area contributed by atoms with E-state index in [1.165, 1.54) is 11.3 Å². The molecule has 2 heterocycles. The summed E-state index contributed by atoms with van der Waals surface area (Å²) in [6, 6.07) is 1.88. The fourth-order valence-corrected chi connectivity index (χ4v) is 2.80. The van der Waals surface area contributed by atoms with Gasteiger partial charge < -0.3 is 9.63 Å². The number of nitrogens with zero attached hydrogens (tertiary/aromatic N) is 1. The summed E-state index contributed by atoms with van der Waals surface area (Å²) in [6.07, 6.45) is -0.0693. The summed E-state index contributed by atoms with van der Waals surface area (Å²) in [5, 5.41) is 14.5. The molecule has 0 aliphatic heterocycles. The van der Waals surface area contributed by atoms with Crippen molar-refractivity contribution in [2.45, 2.75) is 13.3 Å². The molecule has 0 bridgehead atoms. The van der Waals surface area contributed by atoms with Crippen LogP contribution in [0.15, 0.2) is 20.4 Å². The highest BCUT2D eigenvalue weighted by molar-refractivity contribution is 9.10. The van der Waals surface area contributed by atoms with Crippen LogP contribution in [0.2, 0.25) is 0 Å². The zero-order chi connectivity index (χ0) is 11.7. The summed E-state index contributed by atoms with van der Waals surface area (Å²) < 4.78 is 6.12. The lowest BCUT2D eigenvalue weighted by molar-refractivity contribution is -0.136. The molecule has 0 amide bonds. The molecule has 0 unspecified atom stereocenters. The Morgan fingerprint density at radius 2 is 2.44 bits per heavy atom. The molecule has 2 rings (SSSR count). The van der Waals surface area contributed by atoms with E-state index in [0.717, 1.165) is 9.35 Å². The molecule has 84 valence electrons. The number of aryl methyl sites for hydroxylation is 1. The minimum atomic E-state index is -0.886. The van der Waals surface area contributed by atoms with Crippen LogP contribution in [0.5, 0.6) is 0 Å². The number of aromatic nitrogens is 1. The van der Waals surface area contributed by atoms with Gasteiger partial charge in [-0.15, -0.1) is 11.3 Å². The molecule has 2 aromatic rings. The molecule has 0 saturated heterocycles. The van der Waals surface area contributed by atoms with E-state index in [2.05, 4.69) is 21.1 Å². The van der Waals surface area contributed by atoms with Crippen molar-refractivity contribution in [2.75, 3.05) is 0 Å². The van der Waals surface area contributed by atoms with Gasteiger partial charge in [0.05, 0.1) is 17.0 Å². The summed E-state index contributed by atoms with van der Waals surface area (Å²) in [4.78, 5) is 11.6. The van der Waals surface area contributed by atoms with Crippen molar-refractivity contribution < 1.29 is 14.4 Å². The molecule has 0 atom stereocenters. The third-order valence-electron chi connectivity index (χ3n) is 2.10. The molecule has 4 nitrogen and oxygen atoms in total. The Balaban J connectivity index is 2.45. The van der Waals surface area contributed by atoms with E-state index < -0.39 is 5.97 Å². The molecule has 1 N–H and O–H groups in total. The van der Waals surface area contributed by atoms with Gasteiger partial charge in [0.15, 0.2) is 5.76 Å². The van der Waals surface area contributed by atoms with Gasteiger partial charge in [-0.1, -0.05) is 5.16 Å². The standard InChI is InChI=1S/C10H8BrNO3S/c1-5-7(3-9(13)14)10(15-12-5)8-2-6(11)4-16-8/h2,4H,3H2,1H3,(H,13,14). The van der Waals surface area contributed by atoms with Crippen LogP contribution in [0.4, 0.5) is 0 Å². The van der Waals surface area contributed by atoms with Gasteiger partial charge in [-0.25, -0.2) is 0 Å². The fourth-order valence-electron chi connectivity index (χ4n) is 1.37. The second kappa shape index (κ2) is 4.39. The average Bonchev–Trinajstić information content (AvgIpc) is 2.75. The van der Waals surface area contributed by atoms with Crippen LogP contribution in [-0.4, -0.2) is 16.2 Å². The number of hydrogen-bond acceptors (Lipinski definition) is 4. The summed E-state index contributed by atoms with van der Waals surface area (Å²) in [5.41, 5.74) is 1.27. The fraction of sp³-hybridized carbons (Fsp3) is 0.200. The van der Waals surface area contributed by atoms with Gasteiger partial charge in [-0.05, 0) is 28.9 Å². The zero-order valence-electron chi connectivity index (χ0n) is 8.36. The van der Waals surface area contributed by atoms with E-state index in [1.807, 2.05) is 11.4 Å². The van der Waals surface area contributed by atoms with Gasteiger partial charge >= 0.3 is 5.97 Å². The summed E-state index contributed by atoms with van der Waals surface area (Å²) in [6.45, 7) is 1.74. The summed E-state index contributed by atoms with van der Waals surface area (Å²) in [5.74, 6) is -0.334. The predicted molar refractivity (Wildman–Crippen MR) is 63.6 cm³/mol. The predicted octanol–water partition coefficient (Wildman–Crippen LogP) is 3.10. The van der Waals surface area contributed by atoms with Gasteiger partial charge in [-0.3, -0.25) is 4.79 Å². The Hall–Kier alpha value is -1.14. The molecule has 0 aromatic carbocycles. The van der Waals surface area contributed by atoms with E-state index in [-0.39, 0.29) is 6.42 Å². The average molecular weight is 302 g/mol. The van der Waals surface area contributed by atoms with E-state index in [9.17, 15) is 4.79 Å². The number of halogens is 1. The first-order valence-corrected chi connectivity index (χ1v) is 6.16. The highest BCUT2D eigenvalue weighted by atomic mass is 79.9. The lowest BCUT2D eigenvalue weighted by Crippen LogP contribution is -2.01. The molecule has 16 heavy (non-hydrogen) atoms. The lowest BCUT2D eigenvalue weighted by Gasteiger charge is -1.95. The molecule has 0 spiro atoms. The highest BCUT2D eigenvalue weighted by Gasteiger charge is 2.18. The zero-order valence-corrected chi connectivity index (χ0v) is 10.8. The summed E-state index contributed by atoms with van der Waals surface area (Å²) >= 11 is 4.83. The van der Waals surface area contributed by atoms with Crippen molar-refractivity contribution in [1.82, 2.24) is 5.16 Å². The van der Waals surface area contributed by atoms with Gasteiger partial charge in [0.2, 0.25) is 0 Å². The molecular formula is C10H8BrNO3S.